The van der Waals surface area contributed by atoms with Crippen molar-refractivity contribution in [1.82, 2.24) is 20.6 Å². The van der Waals surface area contributed by atoms with Crippen molar-refractivity contribution in [3.05, 3.63) is 48.7 Å². The van der Waals surface area contributed by atoms with E-state index in [0.717, 1.165) is 11.9 Å². The molecule has 118 valence electrons. The Morgan fingerprint density at radius 3 is 2.83 bits per heavy atom. The summed E-state index contributed by atoms with van der Waals surface area (Å²) in [6, 6.07) is 12.9. The van der Waals surface area contributed by atoms with Gasteiger partial charge in [0, 0.05) is 11.8 Å². The van der Waals surface area contributed by atoms with Crippen molar-refractivity contribution < 1.29 is 14.1 Å². The Hall–Kier alpha value is -3.52. The van der Waals surface area contributed by atoms with E-state index < -0.39 is 0 Å². The summed E-state index contributed by atoms with van der Waals surface area (Å²) < 4.78 is 11.1. The van der Waals surface area contributed by atoms with E-state index in [9.17, 15) is 0 Å². The molecule has 3 aromatic heterocycles. The van der Waals surface area contributed by atoms with Crippen LogP contribution in [0.5, 0.6) is 0 Å². The summed E-state index contributed by atoms with van der Waals surface area (Å²) in [5.41, 5.74) is 4.11. The van der Waals surface area contributed by atoms with E-state index >= 15 is 0 Å². The highest BCUT2D eigenvalue weighted by Crippen LogP contribution is 2.38. The Balaban J connectivity index is 1.85. The highest BCUT2D eigenvalue weighted by atomic mass is 16.5. The summed E-state index contributed by atoms with van der Waals surface area (Å²) in [4.78, 5) is 12.7. The number of furan rings is 1. The highest BCUT2D eigenvalue weighted by molar-refractivity contribution is 5.94. The fourth-order valence-corrected chi connectivity index (χ4v) is 2.29. The van der Waals surface area contributed by atoms with Crippen LogP contribution in [0.1, 0.15) is 0 Å². The van der Waals surface area contributed by atoms with Crippen LogP contribution < -0.4 is 5.48 Å². The number of rotatable bonds is 4. The molecule has 0 saturated heterocycles. The van der Waals surface area contributed by atoms with Crippen LogP contribution in [0, 0.1) is 0 Å². The molecule has 0 spiro atoms. The number of hydrogen-bond acceptors (Lipinski definition) is 7. The number of benzene rings is 1. The monoisotopic (exact) mass is 321 g/mol. The fourth-order valence-electron chi connectivity index (χ4n) is 2.29. The van der Waals surface area contributed by atoms with Gasteiger partial charge in [-0.1, -0.05) is 35.5 Å². The van der Waals surface area contributed by atoms with Gasteiger partial charge < -0.3 is 8.94 Å². The van der Waals surface area contributed by atoms with E-state index in [2.05, 4.69) is 20.1 Å². The van der Waals surface area contributed by atoms with Gasteiger partial charge in [0.1, 0.15) is 17.5 Å². The molecule has 8 heteroatoms. The van der Waals surface area contributed by atoms with E-state index in [1.54, 1.807) is 18.3 Å². The summed E-state index contributed by atoms with van der Waals surface area (Å²) in [6.07, 6.45) is 2.73. The molecule has 3 heterocycles. The molecule has 0 bridgehead atoms. The molecule has 0 aliphatic carbocycles. The quantitative estimate of drug-likeness (QED) is 0.337. The smallest absolute Gasteiger partial charge is 0.296 e. The Kier molecular flexibility index (Phi) is 3.49. The lowest BCUT2D eigenvalue weighted by Gasteiger charge is -1.92. The summed E-state index contributed by atoms with van der Waals surface area (Å²) in [5, 5.41) is 12.7. The Labute approximate surface area is 135 Å². The maximum absolute atomic E-state index is 8.75. The number of aromatic nitrogens is 3. The van der Waals surface area contributed by atoms with Gasteiger partial charge in [0.25, 0.3) is 5.89 Å². The average Bonchev–Trinajstić information content (AvgIpc) is 3.25. The minimum Gasteiger partial charge on any atom is -0.447 e. The molecule has 0 atom stereocenters. The lowest BCUT2D eigenvalue weighted by atomic mass is 10.2. The predicted octanol–water partition coefficient (Wildman–Crippen LogP) is 3.18. The second-order valence-corrected chi connectivity index (χ2v) is 4.81. The van der Waals surface area contributed by atoms with Gasteiger partial charge in [-0.05, 0) is 12.1 Å². The molecule has 0 unspecified atom stereocenters. The molecule has 0 radical (unpaired) electrons. The molecular weight excluding hydrogens is 310 g/mol. The molecule has 0 amide bonds. The number of pyridine rings is 1. The lowest BCUT2D eigenvalue weighted by Crippen LogP contribution is -2.00. The van der Waals surface area contributed by atoms with Gasteiger partial charge in [-0.3, -0.25) is 15.7 Å². The molecule has 0 aliphatic rings. The van der Waals surface area contributed by atoms with Crippen molar-refractivity contribution in [1.29, 1.82) is 0 Å². The molecule has 24 heavy (non-hydrogen) atoms. The second kappa shape index (κ2) is 5.94. The van der Waals surface area contributed by atoms with Crippen LogP contribution in [0.2, 0.25) is 0 Å². The zero-order valence-corrected chi connectivity index (χ0v) is 12.2. The summed E-state index contributed by atoms with van der Waals surface area (Å²) in [6.45, 7) is 0. The SMILES string of the molecule is ONC=Nc1c(-c2nc(-c3ccccc3)no2)oc2cccnc12. The molecule has 1 aromatic carbocycles. The largest absolute Gasteiger partial charge is 0.447 e. The first kappa shape index (κ1) is 14.1. The molecule has 0 aliphatic heterocycles. The van der Waals surface area contributed by atoms with Gasteiger partial charge in [0.05, 0.1) is 0 Å². The number of hydrogen-bond donors (Lipinski definition) is 2. The van der Waals surface area contributed by atoms with Gasteiger partial charge in [-0.2, -0.15) is 4.98 Å². The van der Waals surface area contributed by atoms with E-state index in [-0.39, 0.29) is 11.7 Å². The third kappa shape index (κ3) is 2.40. The maximum Gasteiger partial charge on any atom is 0.296 e. The molecule has 4 aromatic rings. The van der Waals surface area contributed by atoms with Gasteiger partial charge in [0.2, 0.25) is 11.6 Å². The first-order valence-electron chi connectivity index (χ1n) is 7.06. The molecule has 2 N–H and O–H groups in total. The van der Waals surface area contributed by atoms with Crippen LogP contribution in [0.4, 0.5) is 5.69 Å². The molecule has 0 saturated carbocycles. The summed E-state index contributed by atoms with van der Waals surface area (Å²) in [5.74, 6) is 0.899. The number of nitrogens with one attached hydrogen (secondary N) is 1. The van der Waals surface area contributed by atoms with E-state index in [1.807, 2.05) is 35.8 Å². The zero-order valence-electron chi connectivity index (χ0n) is 12.2. The van der Waals surface area contributed by atoms with Gasteiger partial charge in [-0.15, -0.1) is 0 Å². The number of hydroxylamine groups is 1. The van der Waals surface area contributed by atoms with Gasteiger partial charge >= 0.3 is 0 Å². The first-order chi connectivity index (χ1) is 11.9. The molecule has 8 nitrogen and oxygen atoms in total. The Morgan fingerprint density at radius 1 is 1.12 bits per heavy atom. The van der Waals surface area contributed by atoms with Crippen LogP contribution in [-0.4, -0.2) is 26.7 Å². The number of fused-ring (bicyclic) bond motifs is 1. The van der Waals surface area contributed by atoms with Crippen LogP contribution in [0.15, 0.2) is 62.6 Å². The number of aliphatic imine (C=N–C) groups is 1. The summed E-state index contributed by atoms with van der Waals surface area (Å²) >= 11 is 0. The van der Waals surface area contributed by atoms with Crippen molar-refractivity contribution in [3.8, 4) is 23.0 Å². The van der Waals surface area contributed by atoms with Crippen molar-refractivity contribution in [2.75, 3.05) is 0 Å². The van der Waals surface area contributed by atoms with Crippen LogP contribution in [-0.2, 0) is 0 Å². The van der Waals surface area contributed by atoms with E-state index in [0.29, 0.717) is 22.6 Å². The molecule has 0 fully saturated rings. The summed E-state index contributed by atoms with van der Waals surface area (Å²) in [7, 11) is 0. The van der Waals surface area contributed by atoms with Crippen LogP contribution in [0.3, 0.4) is 0 Å². The molecular formula is C16H11N5O3. The van der Waals surface area contributed by atoms with E-state index in [4.69, 9.17) is 14.1 Å². The Bertz CT molecular complexity index is 1010. The topological polar surface area (TPSA) is 110 Å². The van der Waals surface area contributed by atoms with Crippen molar-refractivity contribution in [2.24, 2.45) is 4.99 Å². The highest BCUT2D eigenvalue weighted by Gasteiger charge is 2.22. The third-order valence-corrected chi connectivity index (χ3v) is 3.33. The normalized spacial score (nSPS) is 11.4. The van der Waals surface area contributed by atoms with Crippen LogP contribution >= 0.6 is 0 Å². The number of nitrogens with zero attached hydrogens (tertiary/aromatic N) is 4. The Morgan fingerprint density at radius 2 is 2.00 bits per heavy atom. The lowest BCUT2D eigenvalue weighted by molar-refractivity contribution is 0.240. The fraction of sp³-hybridized carbons (Fsp3) is 0. The predicted molar refractivity (Wildman–Crippen MR) is 85.8 cm³/mol. The van der Waals surface area contributed by atoms with Crippen molar-refractivity contribution >= 4 is 23.1 Å². The second-order valence-electron chi connectivity index (χ2n) is 4.81. The van der Waals surface area contributed by atoms with Gasteiger partial charge in [-0.25, -0.2) is 4.99 Å². The minimum absolute atomic E-state index is 0.178. The van der Waals surface area contributed by atoms with Crippen molar-refractivity contribution in [2.45, 2.75) is 0 Å². The van der Waals surface area contributed by atoms with Gasteiger partial charge in [0.15, 0.2) is 5.58 Å². The minimum atomic E-state index is 0.178. The zero-order chi connectivity index (χ0) is 16.4. The third-order valence-electron chi connectivity index (χ3n) is 3.33. The standard InChI is InChI=1S/C16H11N5O3/c22-19-9-18-13-12-11(7-4-8-17-12)23-14(13)16-20-15(21-24-16)10-5-2-1-3-6-10/h1-9,22H,(H,18,19). The first-order valence-corrected chi connectivity index (χ1v) is 7.06. The average molecular weight is 321 g/mol. The van der Waals surface area contributed by atoms with Crippen molar-refractivity contribution in [3.63, 3.8) is 0 Å². The molecule has 4 rings (SSSR count). The van der Waals surface area contributed by atoms with E-state index in [1.165, 1.54) is 0 Å². The maximum atomic E-state index is 8.75. The van der Waals surface area contributed by atoms with Crippen LogP contribution in [0.25, 0.3) is 34.1 Å².